The van der Waals surface area contributed by atoms with Crippen molar-refractivity contribution in [2.24, 2.45) is 5.92 Å². The second kappa shape index (κ2) is 8.32. The van der Waals surface area contributed by atoms with Crippen LogP contribution in [-0.4, -0.2) is 51.3 Å². The zero-order valence-corrected chi connectivity index (χ0v) is 12.9. The highest BCUT2D eigenvalue weighted by molar-refractivity contribution is 4.82. The van der Waals surface area contributed by atoms with Gasteiger partial charge >= 0.3 is 0 Å². The van der Waals surface area contributed by atoms with Crippen LogP contribution in [0, 0.1) is 5.92 Å². The molecule has 1 aromatic rings. The first-order valence-corrected chi connectivity index (χ1v) is 8.01. The minimum absolute atomic E-state index is 0.818. The van der Waals surface area contributed by atoms with E-state index in [1.165, 1.54) is 25.8 Å². The van der Waals surface area contributed by atoms with Gasteiger partial charge in [0, 0.05) is 13.1 Å². The lowest BCUT2D eigenvalue weighted by molar-refractivity contribution is 0.192. The molecule has 0 radical (unpaired) electrons. The summed E-state index contributed by atoms with van der Waals surface area (Å²) in [5, 5.41) is 15.5. The van der Waals surface area contributed by atoms with Crippen molar-refractivity contribution in [1.82, 2.24) is 30.4 Å². The van der Waals surface area contributed by atoms with Crippen molar-refractivity contribution in [1.29, 1.82) is 0 Å². The van der Waals surface area contributed by atoms with Crippen molar-refractivity contribution < 1.29 is 0 Å². The Labute approximate surface area is 121 Å². The number of aromatic nitrogens is 4. The average molecular weight is 280 g/mol. The molecule has 1 aromatic heterocycles. The summed E-state index contributed by atoms with van der Waals surface area (Å²) in [6.45, 7) is 10.8. The summed E-state index contributed by atoms with van der Waals surface area (Å²) in [4.78, 5) is 2.52. The van der Waals surface area contributed by atoms with Crippen LogP contribution in [0.1, 0.15) is 45.4 Å². The van der Waals surface area contributed by atoms with E-state index in [4.69, 9.17) is 0 Å². The summed E-state index contributed by atoms with van der Waals surface area (Å²) < 4.78 is 1.95. The molecular formula is C14H28N6. The second-order valence-corrected chi connectivity index (χ2v) is 5.75. The van der Waals surface area contributed by atoms with Gasteiger partial charge in [-0.3, -0.25) is 4.90 Å². The third kappa shape index (κ3) is 4.52. The predicted octanol–water partition coefficient (Wildman–Crippen LogP) is 1.29. The fraction of sp³-hybridized carbons (Fsp3) is 0.929. The van der Waals surface area contributed by atoms with Crippen molar-refractivity contribution in [3.63, 3.8) is 0 Å². The Balaban J connectivity index is 1.91. The smallest absolute Gasteiger partial charge is 0.165 e. The van der Waals surface area contributed by atoms with Crippen LogP contribution in [0.5, 0.6) is 0 Å². The monoisotopic (exact) mass is 280 g/mol. The van der Waals surface area contributed by atoms with Gasteiger partial charge < -0.3 is 5.32 Å². The number of nitrogens with one attached hydrogen (secondary N) is 1. The molecule has 114 valence electrons. The van der Waals surface area contributed by atoms with E-state index < -0.39 is 0 Å². The molecule has 6 heteroatoms. The lowest BCUT2D eigenvalue weighted by Crippen LogP contribution is -2.36. The second-order valence-electron chi connectivity index (χ2n) is 5.75. The Kier molecular flexibility index (Phi) is 6.39. The molecule has 20 heavy (non-hydrogen) atoms. The minimum Gasteiger partial charge on any atom is -0.317 e. The highest BCUT2D eigenvalue weighted by Gasteiger charge is 2.18. The van der Waals surface area contributed by atoms with Gasteiger partial charge in [0.05, 0.1) is 6.54 Å². The molecule has 0 spiro atoms. The van der Waals surface area contributed by atoms with Crippen molar-refractivity contribution in [2.75, 3.05) is 26.2 Å². The number of piperidine rings is 1. The summed E-state index contributed by atoms with van der Waals surface area (Å²) >= 11 is 0. The van der Waals surface area contributed by atoms with E-state index in [-0.39, 0.29) is 0 Å². The highest BCUT2D eigenvalue weighted by atomic mass is 15.5. The maximum Gasteiger partial charge on any atom is 0.165 e. The lowest BCUT2D eigenvalue weighted by Gasteiger charge is -2.29. The molecule has 0 atom stereocenters. The van der Waals surface area contributed by atoms with Crippen molar-refractivity contribution >= 4 is 0 Å². The van der Waals surface area contributed by atoms with Crippen LogP contribution in [0.2, 0.25) is 0 Å². The van der Waals surface area contributed by atoms with Gasteiger partial charge in [-0.2, -0.15) is 0 Å². The van der Waals surface area contributed by atoms with E-state index >= 15 is 0 Å². The number of hydrogen-bond acceptors (Lipinski definition) is 5. The number of nitrogens with zero attached hydrogens (tertiary/aromatic N) is 5. The van der Waals surface area contributed by atoms with Crippen molar-refractivity contribution in [3.05, 3.63) is 5.82 Å². The van der Waals surface area contributed by atoms with Crippen molar-refractivity contribution in [3.8, 4) is 0 Å². The Morgan fingerprint density at radius 1 is 1.25 bits per heavy atom. The molecule has 0 aromatic carbocycles. The van der Waals surface area contributed by atoms with Crippen LogP contribution in [0.15, 0.2) is 0 Å². The summed E-state index contributed by atoms with van der Waals surface area (Å²) in [6, 6.07) is 0. The first-order chi connectivity index (χ1) is 9.83. The van der Waals surface area contributed by atoms with Crippen LogP contribution in [0.4, 0.5) is 0 Å². The number of tetrazole rings is 1. The van der Waals surface area contributed by atoms with Crippen LogP contribution >= 0.6 is 0 Å². The zero-order valence-electron chi connectivity index (χ0n) is 12.9. The van der Waals surface area contributed by atoms with Crippen LogP contribution in [-0.2, 0) is 13.1 Å². The normalized spacial score (nSPS) is 16.9. The Bertz CT molecular complexity index is 371. The standard InChI is InChI=1S/C14H28N6/c1-3-9-19(11-13-5-7-15-8-6-13)12-14-16-17-18-20(14)10-4-2/h13,15H,3-12H2,1-2H3. The fourth-order valence-electron chi connectivity index (χ4n) is 2.90. The number of rotatable bonds is 8. The first kappa shape index (κ1) is 15.4. The van der Waals surface area contributed by atoms with Crippen LogP contribution in [0.25, 0.3) is 0 Å². The quantitative estimate of drug-likeness (QED) is 0.777. The Hall–Kier alpha value is -1.01. The molecule has 6 nitrogen and oxygen atoms in total. The topological polar surface area (TPSA) is 58.9 Å². The summed E-state index contributed by atoms with van der Waals surface area (Å²) in [5.74, 6) is 1.83. The predicted molar refractivity (Wildman–Crippen MR) is 79.3 cm³/mol. The van der Waals surface area contributed by atoms with Gasteiger partial charge in [0.2, 0.25) is 0 Å². The van der Waals surface area contributed by atoms with Gasteiger partial charge in [-0.15, -0.1) is 5.10 Å². The third-order valence-electron chi connectivity index (χ3n) is 3.92. The summed E-state index contributed by atoms with van der Waals surface area (Å²) in [5.41, 5.74) is 0. The maximum absolute atomic E-state index is 4.20. The molecule has 0 saturated carbocycles. The van der Waals surface area contributed by atoms with E-state index in [1.54, 1.807) is 0 Å². The van der Waals surface area contributed by atoms with Gasteiger partial charge in [-0.05, 0) is 61.7 Å². The van der Waals surface area contributed by atoms with E-state index in [0.29, 0.717) is 0 Å². The van der Waals surface area contributed by atoms with Gasteiger partial charge in [0.25, 0.3) is 0 Å². The molecule has 1 saturated heterocycles. The molecule has 0 aliphatic carbocycles. The van der Waals surface area contributed by atoms with Gasteiger partial charge in [-0.25, -0.2) is 4.68 Å². The molecule has 2 rings (SSSR count). The molecule has 1 aliphatic heterocycles. The van der Waals surface area contributed by atoms with E-state index in [0.717, 1.165) is 50.9 Å². The SMILES string of the molecule is CCCN(Cc1nnnn1CCC)CC1CCNCC1. The Morgan fingerprint density at radius 3 is 2.75 bits per heavy atom. The molecule has 0 amide bonds. The van der Waals surface area contributed by atoms with Crippen molar-refractivity contribution in [2.45, 2.75) is 52.6 Å². The largest absolute Gasteiger partial charge is 0.317 e. The van der Waals surface area contributed by atoms with Gasteiger partial charge in [0.1, 0.15) is 0 Å². The molecule has 2 heterocycles. The molecular weight excluding hydrogens is 252 g/mol. The van der Waals surface area contributed by atoms with Gasteiger partial charge in [0.15, 0.2) is 5.82 Å². The number of aryl methyl sites for hydroxylation is 1. The summed E-state index contributed by atoms with van der Waals surface area (Å²) in [7, 11) is 0. The summed E-state index contributed by atoms with van der Waals surface area (Å²) in [6.07, 6.45) is 4.83. The highest BCUT2D eigenvalue weighted by Crippen LogP contribution is 2.15. The Morgan fingerprint density at radius 2 is 2.05 bits per heavy atom. The average Bonchev–Trinajstić information content (AvgIpc) is 2.88. The number of hydrogen-bond donors (Lipinski definition) is 1. The minimum atomic E-state index is 0.818. The molecule has 1 N–H and O–H groups in total. The zero-order chi connectivity index (χ0) is 14.2. The lowest BCUT2D eigenvalue weighted by atomic mass is 9.97. The molecule has 1 fully saturated rings. The fourth-order valence-corrected chi connectivity index (χ4v) is 2.90. The maximum atomic E-state index is 4.20. The van der Waals surface area contributed by atoms with E-state index in [9.17, 15) is 0 Å². The molecule has 0 unspecified atom stereocenters. The van der Waals surface area contributed by atoms with E-state index in [1.807, 2.05) is 4.68 Å². The molecule has 0 bridgehead atoms. The van der Waals surface area contributed by atoms with E-state index in [2.05, 4.69) is 39.6 Å². The van der Waals surface area contributed by atoms with Gasteiger partial charge in [-0.1, -0.05) is 13.8 Å². The molecule has 1 aliphatic rings. The third-order valence-corrected chi connectivity index (χ3v) is 3.92. The first-order valence-electron chi connectivity index (χ1n) is 8.01. The van der Waals surface area contributed by atoms with Crippen LogP contribution in [0.3, 0.4) is 0 Å². The van der Waals surface area contributed by atoms with Crippen LogP contribution < -0.4 is 5.32 Å².